The molecule has 0 amide bonds. The van der Waals surface area contributed by atoms with E-state index < -0.39 is 5.97 Å². The normalized spacial score (nSPS) is 10.5. The van der Waals surface area contributed by atoms with Crippen LogP contribution in [0.25, 0.3) is 0 Å². The zero-order valence-electron chi connectivity index (χ0n) is 14.7. The summed E-state index contributed by atoms with van der Waals surface area (Å²) in [6.45, 7) is 2.12. The van der Waals surface area contributed by atoms with E-state index in [0.717, 1.165) is 29.1 Å². The first-order chi connectivity index (χ1) is 12.7. The van der Waals surface area contributed by atoms with Crippen LogP contribution in [0.1, 0.15) is 28.8 Å². The Morgan fingerprint density at radius 1 is 1.08 bits per heavy atom. The van der Waals surface area contributed by atoms with Crippen molar-refractivity contribution in [3.63, 3.8) is 0 Å². The molecule has 0 saturated heterocycles. The molecule has 0 bridgehead atoms. The third-order valence-corrected chi connectivity index (χ3v) is 4.88. The van der Waals surface area contributed by atoms with E-state index in [1.807, 2.05) is 47.8 Å². The minimum Gasteiger partial charge on any atom is -0.482 e. The molecule has 0 aliphatic rings. The lowest BCUT2D eigenvalue weighted by molar-refractivity contribution is -0.147. The number of carbonyl (C=O) groups excluding carboxylic acids is 1. The monoisotopic (exact) mass is 367 g/mol. The zero-order chi connectivity index (χ0) is 18.2. The fourth-order valence-corrected chi connectivity index (χ4v) is 3.25. The van der Waals surface area contributed by atoms with Gasteiger partial charge in [0.15, 0.2) is 6.61 Å². The van der Waals surface area contributed by atoms with Crippen molar-refractivity contribution in [1.29, 1.82) is 0 Å². The van der Waals surface area contributed by atoms with E-state index in [1.54, 1.807) is 11.3 Å². The number of rotatable bonds is 8. The molecule has 5 heteroatoms. The van der Waals surface area contributed by atoms with E-state index in [2.05, 4.69) is 24.0 Å². The molecular formula is C21H21NO3S. The van der Waals surface area contributed by atoms with Gasteiger partial charge in [-0.15, -0.1) is 11.3 Å². The zero-order valence-corrected chi connectivity index (χ0v) is 15.5. The highest BCUT2D eigenvalue weighted by molar-refractivity contribution is 7.09. The summed E-state index contributed by atoms with van der Waals surface area (Å²) in [5.41, 5.74) is 3.02. The predicted molar refractivity (Wildman–Crippen MR) is 102 cm³/mol. The smallest absolute Gasteiger partial charge is 0.344 e. The van der Waals surface area contributed by atoms with Gasteiger partial charge in [0.1, 0.15) is 12.4 Å². The second-order valence-corrected chi connectivity index (χ2v) is 6.75. The maximum Gasteiger partial charge on any atom is 0.344 e. The summed E-state index contributed by atoms with van der Waals surface area (Å²) in [7, 11) is 0. The van der Waals surface area contributed by atoms with Crippen molar-refractivity contribution >= 4 is 17.3 Å². The largest absolute Gasteiger partial charge is 0.482 e. The first-order valence-electron chi connectivity index (χ1n) is 8.58. The van der Waals surface area contributed by atoms with Crippen LogP contribution in [-0.4, -0.2) is 17.6 Å². The summed E-state index contributed by atoms with van der Waals surface area (Å²) in [6.07, 6.45) is 1.64. The fourth-order valence-electron chi connectivity index (χ4n) is 2.52. The fraction of sp³-hybridized carbons (Fsp3) is 0.238. The summed E-state index contributed by atoms with van der Waals surface area (Å²) in [5.74, 6) is 0.306. The Labute approximate surface area is 157 Å². The summed E-state index contributed by atoms with van der Waals surface area (Å²) in [5, 5.41) is 2.96. The van der Waals surface area contributed by atoms with Gasteiger partial charge >= 0.3 is 5.97 Å². The van der Waals surface area contributed by atoms with E-state index in [0.29, 0.717) is 5.75 Å². The number of ether oxygens (including phenoxy) is 2. The number of para-hydroxylation sites is 1. The van der Waals surface area contributed by atoms with E-state index in [4.69, 9.17) is 9.47 Å². The number of hydrogen-bond donors (Lipinski definition) is 0. The predicted octanol–water partition coefficient (Wildman–Crippen LogP) is 4.42. The Hall–Kier alpha value is -2.66. The van der Waals surface area contributed by atoms with E-state index in [-0.39, 0.29) is 13.2 Å². The maximum absolute atomic E-state index is 12.0. The Kier molecular flexibility index (Phi) is 6.39. The molecule has 3 rings (SSSR count). The molecule has 3 aromatic rings. The maximum atomic E-state index is 12.0. The second-order valence-electron chi connectivity index (χ2n) is 5.81. The molecule has 4 nitrogen and oxygen atoms in total. The third-order valence-electron chi connectivity index (χ3n) is 3.84. The van der Waals surface area contributed by atoms with E-state index >= 15 is 0 Å². The number of nitrogens with zero attached hydrogens (tertiary/aromatic N) is 1. The van der Waals surface area contributed by atoms with Gasteiger partial charge in [0.05, 0.1) is 10.7 Å². The average molecular weight is 367 g/mol. The minimum atomic E-state index is -0.398. The number of hydrogen-bond acceptors (Lipinski definition) is 5. The molecule has 0 spiro atoms. The lowest BCUT2D eigenvalue weighted by atomic mass is 10.0. The molecule has 0 aliphatic carbocycles. The van der Waals surface area contributed by atoms with Crippen molar-refractivity contribution in [3.05, 3.63) is 81.8 Å². The van der Waals surface area contributed by atoms with Gasteiger partial charge in [-0.2, -0.15) is 0 Å². The summed E-state index contributed by atoms with van der Waals surface area (Å²) in [4.78, 5) is 16.3. The van der Waals surface area contributed by atoms with Gasteiger partial charge < -0.3 is 9.47 Å². The van der Waals surface area contributed by atoms with Crippen LogP contribution >= 0.6 is 11.3 Å². The summed E-state index contributed by atoms with van der Waals surface area (Å²) >= 11 is 1.58. The van der Waals surface area contributed by atoms with E-state index in [9.17, 15) is 4.79 Å². The van der Waals surface area contributed by atoms with Crippen LogP contribution in [0.3, 0.4) is 0 Å². The van der Waals surface area contributed by atoms with Gasteiger partial charge in [-0.05, 0) is 23.6 Å². The van der Waals surface area contributed by atoms with Gasteiger partial charge in [-0.25, -0.2) is 9.78 Å². The number of thiazole rings is 1. The molecule has 0 aliphatic heterocycles. The molecule has 0 N–H and O–H groups in total. The molecule has 1 heterocycles. The van der Waals surface area contributed by atoms with Crippen LogP contribution in [0.2, 0.25) is 0 Å². The first kappa shape index (κ1) is 18.1. The number of aryl methyl sites for hydroxylation is 1. The lowest BCUT2D eigenvalue weighted by Gasteiger charge is -2.11. The van der Waals surface area contributed by atoms with Crippen molar-refractivity contribution in [1.82, 2.24) is 4.98 Å². The Balaban J connectivity index is 1.53. The highest BCUT2D eigenvalue weighted by atomic mass is 32.1. The van der Waals surface area contributed by atoms with Crippen LogP contribution in [-0.2, 0) is 29.0 Å². The third kappa shape index (κ3) is 5.17. The van der Waals surface area contributed by atoms with Crippen LogP contribution in [0.5, 0.6) is 5.75 Å². The average Bonchev–Trinajstić information content (AvgIpc) is 3.15. The quantitative estimate of drug-likeness (QED) is 0.553. The van der Waals surface area contributed by atoms with Gasteiger partial charge in [-0.3, -0.25) is 0 Å². The lowest BCUT2D eigenvalue weighted by Crippen LogP contribution is -2.15. The number of aromatic nitrogens is 1. The van der Waals surface area contributed by atoms with Crippen LogP contribution in [0, 0.1) is 0 Å². The van der Waals surface area contributed by atoms with Crippen LogP contribution in [0.4, 0.5) is 0 Å². The molecule has 0 radical (unpaired) electrons. The SMILES string of the molecule is CCc1nc(COC(=O)COc2ccccc2Cc2ccccc2)cs1. The summed E-state index contributed by atoms with van der Waals surface area (Å²) in [6, 6.07) is 17.9. The molecular weight excluding hydrogens is 346 g/mol. The van der Waals surface area contributed by atoms with Gasteiger partial charge in [0, 0.05) is 11.8 Å². The molecule has 0 saturated carbocycles. The second kappa shape index (κ2) is 9.15. The molecule has 26 heavy (non-hydrogen) atoms. The van der Waals surface area contributed by atoms with Gasteiger partial charge in [0.25, 0.3) is 0 Å². The Morgan fingerprint density at radius 2 is 1.85 bits per heavy atom. The molecule has 0 atom stereocenters. The Bertz CT molecular complexity index is 845. The standard InChI is InChI=1S/C21H21NO3S/c1-2-20-22-18(15-26-20)13-25-21(23)14-24-19-11-7-6-10-17(19)12-16-8-4-3-5-9-16/h3-11,15H,2,12-14H2,1H3. The Morgan fingerprint density at radius 3 is 2.62 bits per heavy atom. The first-order valence-corrected chi connectivity index (χ1v) is 9.46. The molecule has 0 fully saturated rings. The number of benzene rings is 2. The minimum absolute atomic E-state index is 0.115. The highest BCUT2D eigenvalue weighted by Crippen LogP contribution is 2.21. The van der Waals surface area contributed by atoms with Crippen molar-refractivity contribution in [2.75, 3.05) is 6.61 Å². The van der Waals surface area contributed by atoms with Gasteiger partial charge in [-0.1, -0.05) is 55.5 Å². The van der Waals surface area contributed by atoms with Crippen molar-refractivity contribution < 1.29 is 14.3 Å². The van der Waals surface area contributed by atoms with Crippen LogP contribution < -0.4 is 4.74 Å². The van der Waals surface area contributed by atoms with Crippen molar-refractivity contribution in [2.45, 2.75) is 26.4 Å². The molecule has 1 aromatic heterocycles. The van der Waals surface area contributed by atoms with Crippen LogP contribution in [0.15, 0.2) is 60.0 Å². The topological polar surface area (TPSA) is 48.4 Å². The number of carbonyl (C=O) groups is 1. The number of esters is 1. The van der Waals surface area contributed by atoms with E-state index in [1.165, 1.54) is 5.56 Å². The van der Waals surface area contributed by atoms with Gasteiger partial charge in [0.2, 0.25) is 0 Å². The van der Waals surface area contributed by atoms with Crippen molar-refractivity contribution in [3.8, 4) is 5.75 Å². The molecule has 2 aromatic carbocycles. The summed E-state index contributed by atoms with van der Waals surface area (Å²) < 4.78 is 10.9. The highest BCUT2D eigenvalue weighted by Gasteiger charge is 2.10. The molecule has 134 valence electrons. The molecule has 0 unspecified atom stereocenters. The van der Waals surface area contributed by atoms with Crippen molar-refractivity contribution in [2.24, 2.45) is 0 Å².